The van der Waals surface area contributed by atoms with Crippen molar-refractivity contribution in [2.75, 3.05) is 0 Å². The molecule has 0 heteroatoms. The second kappa shape index (κ2) is 2.67. The normalized spacial score (nSPS) is 25.3. The molecule has 1 aliphatic rings. The maximum absolute atomic E-state index is 3.73. The Morgan fingerprint density at radius 3 is 2.67 bits per heavy atom. The predicted molar refractivity (Wildman–Crippen MR) is 41.2 cm³/mol. The number of hydrogen-bond donors (Lipinski definition) is 0. The maximum atomic E-state index is 3.73. The molecule has 0 radical (unpaired) electrons. The molecule has 0 saturated carbocycles. The summed E-state index contributed by atoms with van der Waals surface area (Å²) in [5.41, 5.74) is 1.37. The lowest BCUT2D eigenvalue weighted by atomic mass is 10.1. The Morgan fingerprint density at radius 1 is 1.56 bits per heavy atom. The van der Waals surface area contributed by atoms with E-state index in [0.29, 0.717) is 5.92 Å². The van der Waals surface area contributed by atoms with Crippen LogP contribution in [0.25, 0.3) is 0 Å². The van der Waals surface area contributed by atoms with Crippen LogP contribution in [0.1, 0.15) is 12.8 Å². The third kappa shape index (κ3) is 1.32. The van der Waals surface area contributed by atoms with Crippen LogP contribution in [-0.4, -0.2) is 0 Å². The molecular weight excluding hydrogens is 108 g/mol. The van der Waals surface area contributed by atoms with Crippen molar-refractivity contribution in [3.63, 3.8) is 0 Å². The molecule has 0 N–H and O–H groups in total. The molecule has 0 bridgehead atoms. The quantitative estimate of drug-likeness (QED) is 0.491. The van der Waals surface area contributed by atoms with Gasteiger partial charge in [-0.3, -0.25) is 0 Å². The lowest BCUT2D eigenvalue weighted by molar-refractivity contribution is 0.770. The van der Waals surface area contributed by atoms with Gasteiger partial charge in [-0.2, -0.15) is 0 Å². The highest BCUT2D eigenvalue weighted by Gasteiger charge is 2.08. The van der Waals surface area contributed by atoms with Crippen molar-refractivity contribution in [3.05, 3.63) is 37.0 Å². The minimum atomic E-state index is 0.609. The molecule has 1 atom stereocenters. The van der Waals surface area contributed by atoms with Crippen LogP contribution in [0, 0.1) is 5.92 Å². The van der Waals surface area contributed by atoms with Crippen molar-refractivity contribution in [2.45, 2.75) is 12.8 Å². The van der Waals surface area contributed by atoms with E-state index in [1.165, 1.54) is 18.4 Å². The Kier molecular flexibility index (Phi) is 1.88. The summed E-state index contributed by atoms with van der Waals surface area (Å²) in [6, 6.07) is 0. The van der Waals surface area contributed by atoms with Crippen LogP contribution in [0.2, 0.25) is 0 Å². The molecule has 1 unspecified atom stereocenters. The van der Waals surface area contributed by atoms with Crippen LogP contribution >= 0.6 is 0 Å². The Labute approximate surface area is 56.6 Å². The summed E-state index contributed by atoms with van der Waals surface area (Å²) in [6.07, 6.45) is 8.57. The predicted octanol–water partition coefficient (Wildman–Crippen LogP) is 2.69. The first-order valence-electron chi connectivity index (χ1n) is 3.32. The van der Waals surface area contributed by atoms with Crippen molar-refractivity contribution in [3.8, 4) is 0 Å². The molecule has 1 rings (SSSR count). The standard InChI is InChI=1S/C9H12/c1-3-8-5-6-9(4-2)7-8/h3-4,7-8H,1-2,5-6H2. The van der Waals surface area contributed by atoms with Gasteiger partial charge < -0.3 is 0 Å². The zero-order chi connectivity index (χ0) is 6.69. The number of hydrogen-bond acceptors (Lipinski definition) is 0. The van der Waals surface area contributed by atoms with E-state index in [2.05, 4.69) is 19.2 Å². The first kappa shape index (κ1) is 6.34. The third-order valence-electron chi connectivity index (χ3n) is 1.76. The van der Waals surface area contributed by atoms with Gasteiger partial charge in [-0.25, -0.2) is 0 Å². The van der Waals surface area contributed by atoms with Crippen molar-refractivity contribution >= 4 is 0 Å². The molecule has 9 heavy (non-hydrogen) atoms. The fourth-order valence-electron chi connectivity index (χ4n) is 1.13. The summed E-state index contributed by atoms with van der Waals surface area (Å²) < 4.78 is 0. The third-order valence-corrected chi connectivity index (χ3v) is 1.76. The van der Waals surface area contributed by atoms with E-state index >= 15 is 0 Å². The highest BCUT2D eigenvalue weighted by Crippen LogP contribution is 2.24. The second-order valence-electron chi connectivity index (χ2n) is 2.38. The lowest BCUT2D eigenvalue weighted by Gasteiger charge is -1.92. The van der Waals surface area contributed by atoms with Crippen molar-refractivity contribution in [2.24, 2.45) is 5.92 Å². The van der Waals surface area contributed by atoms with Gasteiger partial charge in [-0.05, 0) is 18.8 Å². The van der Waals surface area contributed by atoms with Crippen molar-refractivity contribution in [1.29, 1.82) is 0 Å². The molecule has 48 valence electrons. The van der Waals surface area contributed by atoms with Crippen molar-refractivity contribution in [1.82, 2.24) is 0 Å². The summed E-state index contributed by atoms with van der Waals surface area (Å²) in [4.78, 5) is 0. The number of rotatable bonds is 2. The highest BCUT2D eigenvalue weighted by molar-refractivity contribution is 5.23. The van der Waals surface area contributed by atoms with Gasteiger partial charge in [0.15, 0.2) is 0 Å². The molecule has 0 aromatic rings. The SMILES string of the molecule is C=CC1=CC(C=C)CC1. The fraction of sp³-hybridized carbons (Fsp3) is 0.333. The van der Waals surface area contributed by atoms with Gasteiger partial charge in [0.2, 0.25) is 0 Å². The van der Waals surface area contributed by atoms with Crippen LogP contribution in [0.3, 0.4) is 0 Å². The first-order chi connectivity index (χ1) is 4.36. The zero-order valence-corrected chi connectivity index (χ0v) is 5.64. The Morgan fingerprint density at radius 2 is 2.33 bits per heavy atom. The molecular formula is C9H12. The maximum Gasteiger partial charge on any atom is -0.00472 e. The minimum absolute atomic E-state index is 0.609. The van der Waals surface area contributed by atoms with E-state index in [1.54, 1.807) is 0 Å². The monoisotopic (exact) mass is 120 g/mol. The van der Waals surface area contributed by atoms with Gasteiger partial charge in [-0.1, -0.05) is 30.4 Å². The average Bonchev–Trinajstić information content (AvgIpc) is 2.34. The van der Waals surface area contributed by atoms with E-state index < -0.39 is 0 Å². The summed E-state index contributed by atoms with van der Waals surface area (Å²) >= 11 is 0. The Balaban J connectivity index is 2.59. The van der Waals surface area contributed by atoms with Gasteiger partial charge in [0.25, 0.3) is 0 Å². The molecule has 0 nitrogen and oxygen atoms in total. The van der Waals surface area contributed by atoms with E-state index in [4.69, 9.17) is 0 Å². The van der Waals surface area contributed by atoms with Crippen molar-refractivity contribution < 1.29 is 0 Å². The summed E-state index contributed by atoms with van der Waals surface area (Å²) in [7, 11) is 0. The molecule has 0 aliphatic heterocycles. The largest absolute Gasteiger partial charge is 0.102 e. The molecule has 0 amide bonds. The Hall–Kier alpha value is -0.780. The van der Waals surface area contributed by atoms with E-state index in [0.717, 1.165) is 0 Å². The molecule has 0 saturated heterocycles. The smallest absolute Gasteiger partial charge is 0.00472 e. The first-order valence-corrected chi connectivity index (χ1v) is 3.32. The topological polar surface area (TPSA) is 0 Å². The van der Waals surface area contributed by atoms with Crippen LogP contribution < -0.4 is 0 Å². The van der Waals surface area contributed by atoms with E-state index in [1.807, 2.05) is 12.2 Å². The summed E-state index contributed by atoms with van der Waals surface area (Å²) in [5.74, 6) is 0.609. The summed E-state index contributed by atoms with van der Waals surface area (Å²) in [5, 5.41) is 0. The van der Waals surface area contributed by atoms with Crippen LogP contribution in [0.4, 0.5) is 0 Å². The van der Waals surface area contributed by atoms with Gasteiger partial charge in [-0.15, -0.1) is 6.58 Å². The second-order valence-corrected chi connectivity index (χ2v) is 2.38. The zero-order valence-electron chi connectivity index (χ0n) is 5.64. The van der Waals surface area contributed by atoms with Crippen LogP contribution in [-0.2, 0) is 0 Å². The van der Waals surface area contributed by atoms with E-state index in [-0.39, 0.29) is 0 Å². The van der Waals surface area contributed by atoms with Gasteiger partial charge >= 0.3 is 0 Å². The highest BCUT2D eigenvalue weighted by atomic mass is 14.1. The van der Waals surface area contributed by atoms with E-state index in [9.17, 15) is 0 Å². The summed E-state index contributed by atoms with van der Waals surface area (Å²) in [6.45, 7) is 7.44. The molecule has 0 fully saturated rings. The molecule has 0 spiro atoms. The van der Waals surface area contributed by atoms with Gasteiger partial charge in [0, 0.05) is 0 Å². The van der Waals surface area contributed by atoms with Gasteiger partial charge in [0.05, 0.1) is 0 Å². The minimum Gasteiger partial charge on any atom is -0.102 e. The number of allylic oxidation sites excluding steroid dienone is 4. The lowest BCUT2D eigenvalue weighted by Crippen LogP contribution is -1.80. The molecule has 0 aromatic carbocycles. The molecule has 0 aromatic heterocycles. The molecule has 1 aliphatic carbocycles. The molecule has 0 heterocycles. The van der Waals surface area contributed by atoms with Crippen LogP contribution in [0.15, 0.2) is 37.0 Å². The average molecular weight is 120 g/mol. The van der Waals surface area contributed by atoms with Gasteiger partial charge in [0.1, 0.15) is 0 Å². The fourth-order valence-corrected chi connectivity index (χ4v) is 1.13. The van der Waals surface area contributed by atoms with Crippen LogP contribution in [0.5, 0.6) is 0 Å². The Bertz CT molecular complexity index is 151.